The molecule has 22 heavy (non-hydrogen) atoms. The first kappa shape index (κ1) is 16.5. The fourth-order valence-corrected chi connectivity index (χ4v) is 2.69. The molecule has 1 N–H and O–H groups in total. The van der Waals surface area contributed by atoms with E-state index in [9.17, 15) is 13.2 Å². The lowest BCUT2D eigenvalue weighted by Gasteiger charge is -2.14. The molecule has 2 rings (SSSR count). The van der Waals surface area contributed by atoms with Crippen molar-refractivity contribution in [2.45, 2.75) is 6.54 Å². The quantitative estimate of drug-likeness (QED) is 0.577. The van der Waals surface area contributed by atoms with Crippen molar-refractivity contribution < 1.29 is 22.3 Å². The molecule has 0 aliphatic heterocycles. The molecule has 0 unspecified atom stereocenters. The van der Waals surface area contributed by atoms with Crippen molar-refractivity contribution in [3.8, 4) is 10.6 Å². The molecule has 118 valence electrons. The van der Waals surface area contributed by atoms with E-state index < -0.39 is 15.9 Å². The SMILES string of the molecule is CN(CCS(=O)(=O)O)C(=O)C[n+]1ccc(-c2ncns2)cc1. The number of hydrogen-bond donors (Lipinski definition) is 1. The lowest BCUT2D eigenvalue weighted by atomic mass is 10.3. The van der Waals surface area contributed by atoms with E-state index in [1.165, 1.54) is 29.8 Å². The zero-order valence-corrected chi connectivity index (χ0v) is 13.4. The van der Waals surface area contributed by atoms with Crippen LogP contribution in [0.1, 0.15) is 0 Å². The van der Waals surface area contributed by atoms with Crippen LogP contribution >= 0.6 is 11.5 Å². The van der Waals surface area contributed by atoms with E-state index in [2.05, 4.69) is 9.36 Å². The Morgan fingerprint density at radius 1 is 1.41 bits per heavy atom. The summed E-state index contributed by atoms with van der Waals surface area (Å²) in [6.07, 6.45) is 4.96. The van der Waals surface area contributed by atoms with Gasteiger partial charge in [-0.2, -0.15) is 17.4 Å². The minimum absolute atomic E-state index is 0.0545. The zero-order chi connectivity index (χ0) is 16.2. The lowest BCUT2D eigenvalue weighted by Crippen LogP contribution is -2.44. The highest BCUT2D eigenvalue weighted by Crippen LogP contribution is 2.17. The third-order valence-electron chi connectivity index (χ3n) is 2.93. The van der Waals surface area contributed by atoms with E-state index >= 15 is 0 Å². The highest BCUT2D eigenvalue weighted by molar-refractivity contribution is 7.85. The van der Waals surface area contributed by atoms with Crippen molar-refractivity contribution >= 4 is 27.6 Å². The van der Waals surface area contributed by atoms with E-state index in [1.54, 1.807) is 17.0 Å². The summed E-state index contributed by atoms with van der Waals surface area (Å²) in [6.45, 7) is 0.0273. The third kappa shape index (κ3) is 4.83. The van der Waals surface area contributed by atoms with Gasteiger partial charge in [-0.3, -0.25) is 9.35 Å². The molecule has 8 nitrogen and oxygen atoms in total. The van der Waals surface area contributed by atoms with Crippen LogP contribution in [-0.2, 0) is 21.5 Å². The summed E-state index contributed by atoms with van der Waals surface area (Å²) in [5.74, 6) is -0.729. The summed E-state index contributed by atoms with van der Waals surface area (Å²) in [4.78, 5) is 17.3. The molecule has 0 aliphatic rings. The molecule has 0 aromatic carbocycles. The third-order valence-corrected chi connectivity index (χ3v) is 4.34. The monoisotopic (exact) mass is 343 g/mol. The molecule has 1 amide bonds. The Morgan fingerprint density at radius 2 is 2.09 bits per heavy atom. The van der Waals surface area contributed by atoms with Crippen LogP contribution in [0.15, 0.2) is 30.9 Å². The van der Waals surface area contributed by atoms with Crippen molar-refractivity contribution in [2.24, 2.45) is 0 Å². The van der Waals surface area contributed by atoms with Crippen LogP contribution in [0.3, 0.4) is 0 Å². The summed E-state index contributed by atoms with van der Waals surface area (Å²) < 4.78 is 35.6. The molecule has 10 heteroatoms. The van der Waals surface area contributed by atoms with E-state index in [0.717, 1.165) is 10.6 Å². The molecule has 0 spiro atoms. The van der Waals surface area contributed by atoms with Crippen molar-refractivity contribution in [1.29, 1.82) is 0 Å². The first-order valence-electron chi connectivity index (χ1n) is 6.30. The Labute approximate surface area is 132 Å². The molecule has 2 aromatic rings. The molecule has 0 saturated carbocycles. The van der Waals surface area contributed by atoms with E-state index in [0.29, 0.717) is 0 Å². The van der Waals surface area contributed by atoms with Gasteiger partial charge < -0.3 is 4.90 Å². The van der Waals surface area contributed by atoms with Crippen molar-refractivity contribution in [3.63, 3.8) is 0 Å². The highest BCUT2D eigenvalue weighted by atomic mass is 32.2. The van der Waals surface area contributed by atoms with Gasteiger partial charge in [0.1, 0.15) is 11.3 Å². The standard InChI is InChI=1S/C12H14N4O4S2/c1-15(6-7-22(18,19)20)11(17)8-16-4-2-10(3-5-16)12-13-9-14-21-12/h2-5,9H,6-8H2,1H3/p+1. The van der Waals surface area contributed by atoms with Gasteiger partial charge in [0.25, 0.3) is 16.0 Å². The van der Waals surface area contributed by atoms with Gasteiger partial charge in [-0.25, -0.2) is 4.98 Å². The largest absolute Gasteiger partial charge is 0.339 e. The molecule has 0 saturated heterocycles. The summed E-state index contributed by atoms with van der Waals surface area (Å²) in [6, 6.07) is 3.65. The second kappa shape index (κ2) is 6.90. The maximum Gasteiger partial charge on any atom is 0.288 e. The van der Waals surface area contributed by atoms with Crippen LogP contribution in [0, 0.1) is 0 Å². The first-order valence-corrected chi connectivity index (χ1v) is 8.69. The Kier molecular flexibility index (Phi) is 5.16. The van der Waals surface area contributed by atoms with E-state index in [-0.39, 0.29) is 19.0 Å². The molecular formula is C12H15N4O4S2+. The summed E-state index contributed by atoms with van der Waals surface area (Å²) in [7, 11) is -2.58. The number of aromatic nitrogens is 3. The predicted octanol–water partition coefficient (Wildman–Crippen LogP) is -0.161. The number of carbonyl (C=O) groups excluding carboxylic acids is 1. The maximum absolute atomic E-state index is 12.0. The summed E-state index contributed by atoms with van der Waals surface area (Å²) in [5, 5.41) is 0.795. The molecule has 0 fully saturated rings. The van der Waals surface area contributed by atoms with Gasteiger partial charge in [-0.05, 0) is 11.5 Å². The normalized spacial score (nSPS) is 11.4. The highest BCUT2D eigenvalue weighted by Gasteiger charge is 2.16. The van der Waals surface area contributed by atoms with Gasteiger partial charge in [0, 0.05) is 31.3 Å². The minimum Gasteiger partial charge on any atom is -0.339 e. The second-order valence-electron chi connectivity index (χ2n) is 4.61. The van der Waals surface area contributed by atoms with Gasteiger partial charge in [0.15, 0.2) is 12.4 Å². The molecule has 0 aliphatic carbocycles. The number of nitrogens with zero attached hydrogens (tertiary/aromatic N) is 4. The predicted molar refractivity (Wildman–Crippen MR) is 79.6 cm³/mol. The average Bonchev–Trinajstić information content (AvgIpc) is 2.99. The molecule has 0 radical (unpaired) electrons. The zero-order valence-electron chi connectivity index (χ0n) is 11.8. The molecule has 2 aromatic heterocycles. The smallest absolute Gasteiger partial charge is 0.288 e. The van der Waals surface area contributed by atoms with E-state index in [4.69, 9.17) is 4.55 Å². The Bertz CT molecular complexity index is 729. The Morgan fingerprint density at radius 3 is 2.64 bits per heavy atom. The Balaban J connectivity index is 1.94. The molecule has 2 heterocycles. The van der Waals surface area contributed by atoms with E-state index in [1.807, 2.05) is 12.1 Å². The fraction of sp³-hybridized carbons (Fsp3) is 0.333. The maximum atomic E-state index is 12.0. The van der Waals surface area contributed by atoms with Crippen LogP contribution in [0.2, 0.25) is 0 Å². The lowest BCUT2D eigenvalue weighted by molar-refractivity contribution is -0.685. The van der Waals surface area contributed by atoms with Gasteiger partial charge in [0.2, 0.25) is 6.54 Å². The fourth-order valence-electron chi connectivity index (χ4n) is 1.66. The van der Waals surface area contributed by atoms with Gasteiger partial charge in [0.05, 0.1) is 5.75 Å². The van der Waals surface area contributed by atoms with Crippen LogP contribution < -0.4 is 4.57 Å². The van der Waals surface area contributed by atoms with Crippen LogP contribution in [-0.4, -0.2) is 52.5 Å². The molecular weight excluding hydrogens is 328 g/mol. The number of hydrogen-bond acceptors (Lipinski definition) is 6. The minimum atomic E-state index is -4.07. The van der Waals surface area contributed by atoms with Crippen LogP contribution in [0.5, 0.6) is 0 Å². The summed E-state index contributed by atoms with van der Waals surface area (Å²) in [5.41, 5.74) is 0.908. The number of amides is 1. The Hall–Kier alpha value is -1.91. The number of likely N-dealkylation sites (N-methyl/N-ethyl adjacent to an activating group) is 1. The first-order chi connectivity index (χ1) is 10.3. The van der Waals surface area contributed by atoms with Crippen molar-refractivity contribution in [1.82, 2.24) is 14.3 Å². The van der Waals surface area contributed by atoms with Crippen molar-refractivity contribution in [3.05, 3.63) is 30.9 Å². The number of pyridine rings is 1. The van der Waals surface area contributed by atoms with Gasteiger partial charge in [-0.15, -0.1) is 0 Å². The van der Waals surface area contributed by atoms with Crippen molar-refractivity contribution in [2.75, 3.05) is 19.3 Å². The van der Waals surface area contributed by atoms with Gasteiger partial charge in [-0.1, -0.05) is 0 Å². The number of carbonyl (C=O) groups is 1. The summed E-state index contributed by atoms with van der Waals surface area (Å²) >= 11 is 1.28. The molecule has 0 bridgehead atoms. The van der Waals surface area contributed by atoms with Crippen LogP contribution in [0.25, 0.3) is 10.6 Å². The topological polar surface area (TPSA) is 104 Å². The average molecular weight is 343 g/mol. The molecule has 0 atom stereocenters. The van der Waals surface area contributed by atoms with Gasteiger partial charge >= 0.3 is 0 Å². The van der Waals surface area contributed by atoms with Crippen LogP contribution in [0.4, 0.5) is 0 Å². The second-order valence-corrected chi connectivity index (χ2v) is 6.96. The number of rotatable bonds is 6.